The summed E-state index contributed by atoms with van der Waals surface area (Å²) in [6, 6.07) is 6.35. The van der Waals surface area contributed by atoms with Crippen LogP contribution in [0.4, 0.5) is 5.69 Å². The zero-order chi connectivity index (χ0) is 14.8. The molecule has 6 nitrogen and oxygen atoms in total. The summed E-state index contributed by atoms with van der Waals surface area (Å²) >= 11 is 0. The van der Waals surface area contributed by atoms with Crippen molar-refractivity contribution in [1.82, 2.24) is 5.32 Å². The van der Waals surface area contributed by atoms with E-state index in [-0.39, 0.29) is 5.69 Å². The molecule has 1 atom stereocenters. The predicted molar refractivity (Wildman–Crippen MR) is 76.5 cm³/mol. The Morgan fingerprint density at radius 3 is 2.70 bits per heavy atom. The van der Waals surface area contributed by atoms with Crippen LogP contribution in [0, 0.1) is 10.1 Å². The molecule has 0 radical (unpaired) electrons. The van der Waals surface area contributed by atoms with E-state index in [1.807, 2.05) is 0 Å². The molecule has 0 aliphatic heterocycles. The average Bonchev–Trinajstić information content (AvgIpc) is 2.44. The van der Waals surface area contributed by atoms with Gasteiger partial charge in [0, 0.05) is 31.8 Å². The molecular weight excluding hydrogens is 260 g/mol. The van der Waals surface area contributed by atoms with E-state index < -0.39 is 11.0 Å². The summed E-state index contributed by atoms with van der Waals surface area (Å²) in [5, 5.41) is 23.3. The Kier molecular flexibility index (Phi) is 7.79. The van der Waals surface area contributed by atoms with Crippen molar-refractivity contribution in [2.75, 3.05) is 19.8 Å². The van der Waals surface area contributed by atoms with Crippen LogP contribution in [0.15, 0.2) is 24.3 Å². The first-order valence-electron chi connectivity index (χ1n) is 6.83. The molecule has 0 amide bonds. The van der Waals surface area contributed by atoms with Crippen LogP contribution < -0.4 is 5.32 Å². The molecule has 0 saturated carbocycles. The number of nitrogens with zero attached hydrogens (tertiary/aromatic N) is 1. The summed E-state index contributed by atoms with van der Waals surface area (Å²) in [4.78, 5) is 10.1. The maximum Gasteiger partial charge on any atom is 0.269 e. The van der Waals surface area contributed by atoms with Gasteiger partial charge in [-0.25, -0.2) is 0 Å². The normalized spacial score (nSPS) is 12.3. The average molecular weight is 282 g/mol. The van der Waals surface area contributed by atoms with Gasteiger partial charge in [-0.1, -0.05) is 25.5 Å². The van der Waals surface area contributed by atoms with E-state index in [4.69, 9.17) is 4.74 Å². The summed E-state index contributed by atoms with van der Waals surface area (Å²) in [6.45, 7) is 4.09. The van der Waals surface area contributed by atoms with E-state index in [9.17, 15) is 15.2 Å². The molecule has 2 N–H and O–H groups in total. The molecule has 1 unspecified atom stereocenters. The lowest BCUT2D eigenvalue weighted by Crippen LogP contribution is -2.30. The van der Waals surface area contributed by atoms with E-state index in [2.05, 4.69) is 12.2 Å². The van der Waals surface area contributed by atoms with Crippen LogP contribution in [0.1, 0.15) is 25.3 Å². The molecule has 112 valence electrons. The van der Waals surface area contributed by atoms with E-state index >= 15 is 0 Å². The van der Waals surface area contributed by atoms with E-state index in [0.29, 0.717) is 26.3 Å². The van der Waals surface area contributed by atoms with E-state index in [1.54, 1.807) is 12.1 Å². The van der Waals surface area contributed by atoms with Crippen molar-refractivity contribution in [3.8, 4) is 0 Å². The van der Waals surface area contributed by atoms with Gasteiger partial charge in [0.05, 0.1) is 17.6 Å². The van der Waals surface area contributed by atoms with Crippen molar-refractivity contribution in [1.29, 1.82) is 0 Å². The molecule has 20 heavy (non-hydrogen) atoms. The second-order valence-electron chi connectivity index (χ2n) is 4.64. The lowest BCUT2D eigenvalue weighted by Gasteiger charge is -2.12. The first kappa shape index (κ1) is 16.6. The zero-order valence-electron chi connectivity index (χ0n) is 11.7. The maximum absolute atomic E-state index is 10.5. The van der Waals surface area contributed by atoms with Gasteiger partial charge in [0.1, 0.15) is 0 Å². The highest BCUT2D eigenvalue weighted by Crippen LogP contribution is 2.11. The number of hydrogen-bond donors (Lipinski definition) is 2. The highest BCUT2D eigenvalue weighted by atomic mass is 16.6. The van der Waals surface area contributed by atoms with Crippen molar-refractivity contribution >= 4 is 5.69 Å². The number of unbranched alkanes of at least 4 members (excludes halogenated alkanes) is 1. The topological polar surface area (TPSA) is 84.6 Å². The van der Waals surface area contributed by atoms with Crippen LogP contribution in [0.25, 0.3) is 0 Å². The summed E-state index contributed by atoms with van der Waals surface area (Å²) in [6.07, 6.45) is 1.54. The third-order valence-electron chi connectivity index (χ3n) is 2.81. The van der Waals surface area contributed by atoms with Crippen LogP contribution in [0.3, 0.4) is 0 Å². The lowest BCUT2D eigenvalue weighted by atomic mass is 10.2. The number of nitro groups is 1. The Hall–Kier alpha value is -1.50. The number of nitro benzene ring substituents is 1. The third kappa shape index (κ3) is 6.60. The molecule has 0 aliphatic rings. The third-order valence-corrected chi connectivity index (χ3v) is 2.81. The van der Waals surface area contributed by atoms with Crippen LogP contribution >= 0.6 is 0 Å². The Labute approximate surface area is 118 Å². The minimum atomic E-state index is -0.537. The fourth-order valence-corrected chi connectivity index (χ4v) is 1.64. The van der Waals surface area contributed by atoms with Gasteiger partial charge in [-0.15, -0.1) is 0 Å². The monoisotopic (exact) mass is 282 g/mol. The molecule has 0 aliphatic carbocycles. The largest absolute Gasteiger partial charge is 0.389 e. The van der Waals surface area contributed by atoms with Crippen LogP contribution in [0.5, 0.6) is 0 Å². The van der Waals surface area contributed by atoms with Gasteiger partial charge < -0.3 is 15.2 Å². The second-order valence-corrected chi connectivity index (χ2v) is 4.64. The Morgan fingerprint density at radius 1 is 1.40 bits per heavy atom. The number of non-ortho nitro benzene ring substituents is 1. The lowest BCUT2D eigenvalue weighted by molar-refractivity contribution is -0.384. The van der Waals surface area contributed by atoms with Crippen LogP contribution in [0.2, 0.25) is 0 Å². The SMILES string of the molecule is CCCCOCC(O)CNCc1ccc([N+](=O)[O-])cc1. The number of aliphatic hydroxyl groups is 1. The predicted octanol–water partition coefficient (Wildman–Crippen LogP) is 1.86. The van der Waals surface area contributed by atoms with Crippen molar-refractivity contribution in [3.05, 3.63) is 39.9 Å². The summed E-state index contributed by atoms with van der Waals surface area (Å²) < 4.78 is 5.32. The Balaban J connectivity index is 2.18. The second kappa shape index (κ2) is 9.41. The summed E-state index contributed by atoms with van der Waals surface area (Å²) in [5.41, 5.74) is 1.02. The van der Waals surface area contributed by atoms with Crippen molar-refractivity contribution in [2.24, 2.45) is 0 Å². The molecule has 1 aromatic carbocycles. The number of benzene rings is 1. The number of hydrogen-bond acceptors (Lipinski definition) is 5. The quantitative estimate of drug-likeness (QED) is 0.389. The van der Waals surface area contributed by atoms with Gasteiger partial charge in [-0.3, -0.25) is 10.1 Å². The minimum absolute atomic E-state index is 0.0816. The van der Waals surface area contributed by atoms with Gasteiger partial charge in [-0.2, -0.15) is 0 Å². The molecule has 0 spiro atoms. The molecule has 6 heteroatoms. The fraction of sp³-hybridized carbons (Fsp3) is 0.571. The molecule has 0 heterocycles. The van der Waals surface area contributed by atoms with Crippen molar-refractivity contribution in [2.45, 2.75) is 32.4 Å². The molecular formula is C14H22N2O4. The maximum atomic E-state index is 10.5. The number of ether oxygens (including phenoxy) is 1. The van der Waals surface area contributed by atoms with Crippen LogP contribution in [-0.2, 0) is 11.3 Å². The molecule has 1 aromatic rings. The Bertz CT molecular complexity index is 395. The highest BCUT2D eigenvalue weighted by molar-refractivity contribution is 5.32. The van der Waals surface area contributed by atoms with Crippen molar-refractivity contribution < 1.29 is 14.8 Å². The summed E-state index contributed by atoms with van der Waals surface area (Å²) in [5.74, 6) is 0. The number of aliphatic hydroxyl groups excluding tert-OH is 1. The van der Waals surface area contributed by atoms with Crippen molar-refractivity contribution in [3.63, 3.8) is 0 Å². The molecule has 0 saturated heterocycles. The summed E-state index contributed by atoms with van der Waals surface area (Å²) in [7, 11) is 0. The standard InChI is InChI=1S/C14H22N2O4/c1-2-3-8-20-11-14(17)10-15-9-12-4-6-13(7-5-12)16(18)19/h4-7,14-15,17H,2-3,8-11H2,1H3. The van der Waals surface area contributed by atoms with Gasteiger partial charge in [0.25, 0.3) is 5.69 Å². The van der Waals surface area contributed by atoms with Gasteiger partial charge in [0.2, 0.25) is 0 Å². The Morgan fingerprint density at radius 2 is 2.10 bits per heavy atom. The number of nitrogens with one attached hydrogen (secondary N) is 1. The highest BCUT2D eigenvalue weighted by Gasteiger charge is 2.05. The van der Waals surface area contributed by atoms with E-state index in [0.717, 1.165) is 18.4 Å². The molecule has 0 fully saturated rings. The zero-order valence-corrected chi connectivity index (χ0v) is 11.7. The molecule has 0 bridgehead atoms. The van der Waals surface area contributed by atoms with Gasteiger partial charge in [0.15, 0.2) is 0 Å². The van der Waals surface area contributed by atoms with E-state index in [1.165, 1.54) is 12.1 Å². The fourth-order valence-electron chi connectivity index (χ4n) is 1.64. The van der Waals surface area contributed by atoms with Crippen LogP contribution in [-0.4, -0.2) is 35.9 Å². The molecule has 0 aromatic heterocycles. The molecule has 1 rings (SSSR count). The van der Waals surface area contributed by atoms with Gasteiger partial charge in [-0.05, 0) is 12.0 Å². The smallest absolute Gasteiger partial charge is 0.269 e. The van der Waals surface area contributed by atoms with Gasteiger partial charge >= 0.3 is 0 Å². The first-order valence-corrected chi connectivity index (χ1v) is 6.83. The number of rotatable bonds is 10. The first-order chi connectivity index (χ1) is 9.63. The minimum Gasteiger partial charge on any atom is -0.389 e.